The Kier molecular flexibility index (Phi) is 7.80. The van der Waals surface area contributed by atoms with Gasteiger partial charge >= 0.3 is 0 Å². The van der Waals surface area contributed by atoms with Crippen LogP contribution in [0.5, 0.6) is 0 Å². The van der Waals surface area contributed by atoms with Crippen LogP contribution < -0.4 is 10.5 Å². The van der Waals surface area contributed by atoms with Gasteiger partial charge in [0, 0.05) is 55.9 Å². The van der Waals surface area contributed by atoms with Gasteiger partial charge in [-0.25, -0.2) is 13.1 Å². The van der Waals surface area contributed by atoms with Gasteiger partial charge in [-0.15, -0.1) is 0 Å². The minimum Gasteiger partial charge on any atom is -0.379 e. The predicted octanol–water partition coefficient (Wildman–Crippen LogP) is 2.74. The molecule has 11 heteroatoms. The van der Waals surface area contributed by atoms with Crippen LogP contribution in [0.4, 0.5) is 5.69 Å². The number of fused-ring (bicyclic) bond motifs is 1. The van der Waals surface area contributed by atoms with Crippen molar-refractivity contribution in [3.05, 3.63) is 88.7 Å². The third-order valence-corrected chi connectivity index (χ3v) is 10.00. The van der Waals surface area contributed by atoms with Crippen molar-refractivity contribution in [2.45, 2.75) is 18.4 Å². The van der Waals surface area contributed by atoms with Crippen LogP contribution in [0.15, 0.2) is 82.5 Å². The van der Waals surface area contributed by atoms with Crippen LogP contribution in [-0.2, 0) is 26.1 Å². The van der Waals surface area contributed by atoms with Gasteiger partial charge < -0.3 is 14.5 Å². The fourth-order valence-electron chi connectivity index (χ4n) is 5.59. The summed E-state index contributed by atoms with van der Waals surface area (Å²) in [4.78, 5) is 31.0. The second-order valence-corrected chi connectivity index (χ2v) is 12.5. The molecule has 3 aromatic carbocycles. The van der Waals surface area contributed by atoms with E-state index in [-0.39, 0.29) is 22.9 Å². The van der Waals surface area contributed by atoms with E-state index >= 15 is 0 Å². The van der Waals surface area contributed by atoms with Gasteiger partial charge in [-0.2, -0.15) is 9.40 Å². The number of anilines is 1. The highest BCUT2D eigenvalue weighted by molar-refractivity contribution is 7.89. The lowest BCUT2D eigenvalue weighted by Crippen LogP contribution is -2.50. The topological polar surface area (TPSA) is 105 Å². The van der Waals surface area contributed by atoms with Crippen LogP contribution in [0, 0.1) is 6.92 Å². The van der Waals surface area contributed by atoms with Gasteiger partial charge in [0.05, 0.1) is 29.2 Å². The third-order valence-electron chi connectivity index (χ3n) is 7.96. The van der Waals surface area contributed by atoms with Gasteiger partial charge in [-0.05, 0) is 36.8 Å². The summed E-state index contributed by atoms with van der Waals surface area (Å²) in [7, 11) is -3.76. The highest BCUT2D eigenvalue weighted by atomic mass is 32.2. The molecular formula is C31H33N5O5S. The second kappa shape index (κ2) is 11.7. The number of sulfonamides is 1. The van der Waals surface area contributed by atoms with E-state index in [1.807, 2.05) is 30.3 Å². The van der Waals surface area contributed by atoms with Crippen LogP contribution in [0.1, 0.15) is 5.56 Å². The minimum atomic E-state index is -3.76. The Balaban J connectivity index is 1.31. The number of aryl methyl sites for hydroxylation is 1. The van der Waals surface area contributed by atoms with Crippen molar-refractivity contribution in [2.24, 2.45) is 0 Å². The van der Waals surface area contributed by atoms with Gasteiger partial charge in [0.1, 0.15) is 6.54 Å². The number of benzene rings is 3. The molecule has 0 N–H and O–H groups in total. The normalized spacial score (nSPS) is 16.6. The van der Waals surface area contributed by atoms with E-state index in [0.717, 1.165) is 5.69 Å². The predicted molar refractivity (Wildman–Crippen MR) is 161 cm³/mol. The summed E-state index contributed by atoms with van der Waals surface area (Å²) in [6.07, 6.45) is 0. The van der Waals surface area contributed by atoms with Crippen molar-refractivity contribution >= 4 is 32.4 Å². The molecule has 6 rings (SSSR count). The Hall–Kier alpha value is -4.06. The molecule has 0 unspecified atom stereocenters. The molecule has 0 bridgehead atoms. The zero-order valence-electron chi connectivity index (χ0n) is 23.5. The molecule has 0 radical (unpaired) electrons. The van der Waals surface area contributed by atoms with Gasteiger partial charge in [0.25, 0.3) is 5.56 Å². The SMILES string of the molecule is Cc1ccc(-c2nn(CC(=O)N3CCN(c4ccccc4)CC3)c(=O)c3ccccc23)cc1S(=O)(=O)N1CCOCC1. The Morgan fingerprint density at radius 1 is 0.857 bits per heavy atom. The average molecular weight is 588 g/mol. The number of aromatic nitrogens is 2. The van der Waals surface area contributed by atoms with Gasteiger partial charge in [-0.1, -0.05) is 48.5 Å². The maximum absolute atomic E-state index is 13.6. The number of hydrogen-bond acceptors (Lipinski definition) is 7. The summed E-state index contributed by atoms with van der Waals surface area (Å²) >= 11 is 0. The molecule has 2 aliphatic rings. The lowest BCUT2D eigenvalue weighted by molar-refractivity contribution is -0.132. The number of nitrogens with zero attached hydrogens (tertiary/aromatic N) is 5. The van der Waals surface area contributed by atoms with Crippen LogP contribution >= 0.6 is 0 Å². The van der Waals surface area contributed by atoms with E-state index in [1.54, 1.807) is 42.2 Å². The molecule has 1 aromatic heterocycles. The third kappa shape index (κ3) is 5.42. The van der Waals surface area contributed by atoms with E-state index in [0.29, 0.717) is 80.1 Å². The molecule has 1 amide bonds. The molecule has 3 heterocycles. The molecule has 218 valence electrons. The first-order valence-electron chi connectivity index (χ1n) is 14.1. The second-order valence-electron chi connectivity index (χ2n) is 10.6. The van der Waals surface area contributed by atoms with Crippen molar-refractivity contribution in [1.29, 1.82) is 0 Å². The molecular weight excluding hydrogens is 554 g/mol. The molecule has 0 atom stereocenters. The van der Waals surface area contributed by atoms with Gasteiger partial charge in [-0.3, -0.25) is 9.59 Å². The molecule has 2 saturated heterocycles. The maximum Gasteiger partial charge on any atom is 0.275 e. The van der Waals surface area contributed by atoms with Gasteiger partial charge in [0.2, 0.25) is 15.9 Å². The van der Waals surface area contributed by atoms with Crippen molar-refractivity contribution in [2.75, 3.05) is 57.4 Å². The summed E-state index contributed by atoms with van der Waals surface area (Å²) in [5, 5.41) is 5.67. The van der Waals surface area contributed by atoms with Crippen LogP contribution in [0.25, 0.3) is 22.0 Å². The number of hydrogen-bond donors (Lipinski definition) is 0. The lowest BCUT2D eigenvalue weighted by atomic mass is 10.0. The number of ether oxygens (including phenoxy) is 1. The molecule has 2 aliphatic heterocycles. The summed E-state index contributed by atoms with van der Waals surface area (Å²) in [6.45, 7) is 5.34. The minimum absolute atomic E-state index is 0.182. The molecule has 0 saturated carbocycles. The Bertz CT molecular complexity index is 1780. The number of carbonyl (C=O) groups excluding carboxylic acids is 1. The quantitative estimate of drug-likeness (QED) is 0.342. The average Bonchev–Trinajstić information content (AvgIpc) is 3.03. The van der Waals surface area contributed by atoms with E-state index in [1.165, 1.54) is 8.99 Å². The van der Waals surface area contributed by atoms with E-state index < -0.39 is 10.0 Å². The Morgan fingerprint density at radius 3 is 2.24 bits per heavy atom. The van der Waals surface area contributed by atoms with Crippen LogP contribution in [0.3, 0.4) is 0 Å². The van der Waals surface area contributed by atoms with E-state index in [4.69, 9.17) is 4.74 Å². The number of morpholine rings is 1. The number of amides is 1. The summed E-state index contributed by atoms with van der Waals surface area (Å²) in [5.74, 6) is -0.182. The van der Waals surface area contributed by atoms with Crippen molar-refractivity contribution < 1.29 is 17.9 Å². The van der Waals surface area contributed by atoms with Crippen molar-refractivity contribution in [3.63, 3.8) is 0 Å². The maximum atomic E-state index is 13.6. The monoisotopic (exact) mass is 587 g/mol. The zero-order valence-corrected chi connectivity index (χ0v) is 24.3. The summed E-state index contributed by atoms with van der Waals surface area (Å²) in [6, 6.07) is 22.4. The van der Waals surface area contributed by atoms with Gasteiger partial charge in [0.15, 0.2) is 0 Å². The molecule has 10 nitrogen and oxygen atoms in total. The number of carbonyl (C=O) groups is 1. The lowest BCUT2D eigenvalue weighted by Gasteiger charge is -2.36. The smallest absolute Gasteiger partial charge is 0.275 e. The summed E-state index contributed by atoms with van der Waals surface area (Å²) in [5.41, 5.74) is 2.38. The standard InChI is InChI=1S/C31H33N5O5S/c1-23-11-12-24(21-28(23)42(39,40)35-17-19-41-20-18-35)30-26-9-5-6-10-27(26)31(38)36(32-30)22-29(37)34-15-13-33(14-16-34)25-7-3-2-4-8-25/h2-12,21H,13-20,22H2,1H3. The Labute approximate surface area is 244 Å². The van der Waals surface area contributed by atoms with Crippen molar-refractivity contribution in [1.82, 2.24) is 19.0 Å². The van der Waals surface area contributed by atoms with E-state index in [2.05, 4.69) is 22.1 Å². The molecule has 4 aromatic rings. The first-order chi connectivity index (χ1) is 20.3. The fourth-order valence-corrected chi connectivity index (χ4v) is 7.25. The first kappa shape index (κ1) is 28.1. The number of rotatable bonds is 6. The zero-order chi connectivity index (χ0) is 29.3. The molecule has 2 fully saturated rings. The van der Waals surface area contributed by atoms with Crippen LogP contribution in [-0.4, -0.2) is 85.8 Å². The molecule has 0 aliphatic carbocycles. The highest BCUT2D eigenvalue weighted by Crippen LogP contribution is 2.30. The van der Waals surface area contributed by atoms with E-state index in [9.17, 15) is 18.0 Å². The largest absolute Gasteiger partial charge is 0.379 e. The number of para-hydroxylation sites is 1. The fraction of sp³-hybridized carbons (Fsp3) is 0.323. The molecule has 42 heavy (non-hydrogen) atoms. The first-order valence-corrected chi connectivity index (χ1v) is 15.5. The van der Waals surface area contributed by atoms with Crippen molar-refractivity contribution in [3.8, 4) is 11.3 Å². The highest BCUT2D eigenvalue weighted by Gasteiger charge is 2.29. The number of piperazine rings is 1. The summed E-state index contributed by atoms with van der Waals surface area (Å²) < 4.78 is 35.1. The molecule has 0 spiro atoms. The Morgan fingerprint density at radius 2 is 1.52 bits per heavy atom. The van der Waals surface area contributed by atoms with Crippen LogP contribution in [0.2, 0.25) is 0 Å².